The highest BCUT2D eigenvalue weighted by Gasteiger charge is 2.33. The van der Waals surface area contributed by atoms with Crippen LogP contribution < -0.4 is 5.73 Å². The van der Waals surface area contributed by atoms with Crippen LogP contribution in [0.2, 0.25) is 0 Å². The van der Waals surface area contributed by atoms with E-state index < -0.39 is 5.92 Å². The van der Waals surface area contributed by atoms with E-state index in [1.807, 2.05) is 0 Å². The van der Waals surface area contributed by atoms with Crippen LogP contribution in [0.15, 0.2) is 30.3 Å². The average molecular weight is 255 g/mol. The lowest BCUT2D eigenvalue weighted by atomic mass is 10.1. The number of hydrogen-bond acceptors (Lipinski definition) is 2. The maximum Gasteiger partial charge on any atom is 0.285 e. The van der Waals surface area contributed by atoms with E-state index in [2.05, 4.69) is 0 Å². The van der Waals surface area contributed by atoms with Crippen LogP contribution in [0.5, 0.6) is 0 Å². The summed E-state index contributed by atoms with van der Waals surface area (Å²) < 4.78 is 27.9. The quantitative estimate of drug-likeness (QED) is 0.605. The third kappa shape index (κ3) is 4.07. The first-order chi connectivity index (χ1) is 8.33. The average Bonchev–Trinajstić information content (AvgIpc) is 2.29. The summed E-state index contributed by atoms with van der Waals surface area (Å²) in [5.41, 5.74) is 5.34. The molecule has 1 atom stereocenters. The molecule has 0 aliphatic rings. The van der Waals surface area contributed by atoms with Crippen LogP contribution in [-0.4, -0.2) is 30.9 Å². The molecule has 0 saturated carbocycles. The summed E-state index contributed by atoms with van der Waals surface area (Å²) in [6.07, 6.45) is 0. The smallest absolute Gasteiger partial charge is 0.285 e. The van der Waals surface area contributed by atoms with Crippen molar-refractivity contribution in [2.45, 2.75) is 12.8 Å². The number of likely N-dealkylation sites (N-methyl/N-ethyl adjacent to an activating group) is 1. The molecule has 0 aliphatic carbocycles. The van der Waals surface area contributed by atoms with Crippen molar-refractivity contribution in [1.82, 2.24) is 4.90 Å². The first-order valence-electron chi connectivity index (χ1n) is 5.78. The number of benzene rings is 1. The molecule has 1 aromatic rings. The minimum Gasteiger partial charge on any atom is -0.387 e. The first-order valence-corrected chi connectivity index (χ1v) is 5.78. The SMILES string of the molecule is CC(CN(C)CC(F)(F)c1ccccc1)C(=N)N. The van der Waals surface area contributed by atoms with E-state index in [1.54, 1.807) is 32.2 Å². The van der Waals surface area contributed by atoms with Gasteiger partial charge in [0.2, 0.25) is 0 Å². The highest BCUT2D eigenvalue weighted by Crippen LogP contribution is 2.28. The van der Waals surface area contributed by atoms with E-state index in [9.17, 15) is 8.78 Å². The molecule has 0 aliphatic heterocycles. The summed E-state index contributed by atoms with van der Waals surface area (Å²) >= 11 is 0. The van der Waals surface area contributed by atoms with Crippen molar-refractivity contribution in [2.24, 2.45) is 11.7 Å². The lowest BCUT2D eigenvalue weighted by Gasteiger charge is -2.26. The van der Waals surface area contributed by atoms with Gasteiger partial charge in [0, 0.05) is 18.0 Å². The van der Waals surface area contributed by atoms with E-state index in [4.69, 9.17) is 11.1 Å². The standard InChI is InChI=1S/C13H19F2N3/c1-10(12(16)17)8-18(2)9-13(14,15)11-6-4-3-5-7-11/h3-7,10H,8-9H2,1-2H3,(H3,16,17). The van der Waals surface area contributed by atoms with Crippen LogP contribution in [0.3, 0.4) is 0 Å². The van der Waals surface area contributed by atoms with Crippen LogP contribution in [0.4, 0.5) is 8.78 Å². The summed E-state index contributed by atoms with van der Waals surface area (Å²) in [5.74, 6) is -3.10. The summed E-state index contributed by atoms with van der Waals surface area (Å²) in [6, 6.07) is 7.74. The van der Waals surface area contributed by atoms with E-state index in [0.29, 0.717) is 6.54 Å². The van der Waals surface area contributed by atoms with E-state index in [-0.39, 0.29) is 23.9 Å². The number of alkyl halides is 2. The highest BCUT2D eigenvalue weighted by molar-refractivity contribution is 5.79. The molecule has 1 rings (SSSR count). The van der Waals surface area contributed by atoms with Gasteiger partial charge in [0.25, 0.3) is 5.92 Å². The molecule has 0 aromatic heterocycles. The number of halogens is 2. The molecule has 0 amide bonds. The first kappa shape index (κ1) is 14.6. The van der Waals surface area contributed by atoms with Crippen molar-refractivity contribution in [3.8, 4) is 0 Å². The van der Waals surface area contributed by atoms with E-state index >= 15 is 0 Å². The van der Waals surface area contributed by atoms with Gasteiger partial charge in [-0.1, -0.05) is 37.3 Å². The number of nitrogens with two attached hydrogens (primary N) is 1. The Bertz CT molecular complexity index is 392. The minimum absolute atomic E-state index is 0.00679. The predicted molar refractivity (Wildman–Crippen MR) is 68.9 cm³/mol. The zero-order chi connectivity index (χ0) is 13.8. The molecule has 3 nitrogen and oxygen atoms in total. The van der Waals surface area contributed by atoms with Crippen LogP contribution in [0.25, 0.3) is 0 Å². The number of hydrogen-bond donors (Lipinski definition) is 2. The monoisotopic (exact) mass is 255 g/mol. The molecule has 1 aromatic carbocycles. The molecule has 3 N–H and O–H groups in total. The Morgan fingerprint density at radius 1 is 1.39 bits per heavy atom. The number of amidine groups is 1. The Morgan fingerprint density at radius 3 is 2.44 bits per heavy atom. The largest absolute Gasteiger partial charge is 0.387 e. The molecule has 0 saturated heterocycles. The lowest BCUT2D eigenvalue weighted by Crippen LogP contribution is -2.38. The maximum atomic E-state index is 13.9. The highest BCUT2D eigenvalue weighted by atomic mass is 19.3. The Balaban J connectivity index is 2.63. The van der Waals surface area contributed by atoms with Gasteiger partial charge in [-0.15, -0.1) is 0 Å². The van der Waals surface area contributed by atoms with Gasteiger partial charge in [-0.2, -0.15) is 8.78 Å². The van der Waals surface area contributed by atoms with Crippen molar-refractivity contribution < 1.29 is 8.78 Å². The van der Waals surface area contributed by atoms with E-state index in [0.717, 1.165) is 0 Å². The van der Waals surface area contributed by atoms with Crippen LogP contribution in [-0.2, 0) is 5.92 Å². The Hall–Kier alpha value is -1.49. The second kappa shape index (κ2) is 5.91. The maximum absolute atomic E-state index is 13.9. The van der Waals surface area contributed by atoms with Gasteiger partial charge in [-0.3, -0.25) is 10.3 Å². The van der Waals surface area contributed by atoms with Gasteiger partial charge in [-0.25, -0.2) is 0 Å². The summed E-state index contributed by atoms with van der Waals surface area (Å²) in [5, 5.41) is 7.25. The minimum atomic E-state index is -2.90. The molecule has 18 heavy (non-hydrogen) atoms. The number of nitrogens with zero attached hydrogens (tertiary/aromatic N) is 1. The summed E-state index contributed by atoms with van der Waals surface area (Å²) in [7, 11) is 1.61. The fraction of sp³-hybridized carbons (Fsp3) is 0.462. The fourth-order valence-electron chi connectivity index (χ4n) is 1.74. The molecule has 0 fully saturated rings. The molecule has 0 bridgehead atoms. The van der Waals surface area contributed by atoms with Crippen molar-refractivity contribution >= 4 is 5.84 Å². The summed E-state index contributed by atoms with van der Waals surface area (Å²) in [6.45, 7) is 1.71. The van der Waals surface area contributed by atoms with Gasteiger partial charge in [0.1, 0.15) is 0 Å². The molecule has 0 heterocycles. The van der Waals surface area contributed by atoms with E-state index in [1.165, 1.54) is 17.0 Å². The zero-order valence-corrected chi connectivity index (χ0v) is 10.7. The second-order valence-electron chi connectivity index (χ2n) is 4.62. The van der Waals surface area contributed by atoms with Gasteiger partial charge in [-0.05, 0) is 7.05 Å². The molecular formula is C13H19F2N3. The van der Waals surface area contributed by atoms with Crippen molar-refractivity contribution in [1.29, 1.82) is 5.41 Å². The van der Waals surface area contributed by atoms with Crippen molar-refractivity contribution in [2.75, 3.05) is 20.1 Å². The van der Waals surface area contributed by atoms with Crippen molar-refractivity contribution in [3.63, 3.8) is 0 Å². The normalized spacial score (nSPS) is 13.6. The number of rotatable bonds is 6. The van der Waals surface area contributed by atoms with Gasteiger partial charge >= 0.3 is 0 Å². The Morgan fingerprint density at radius 2 is 1.94 bits per heavy atom. The van der Waals surface area contributed by atoms with Gasteiger partial charge < -0.3 is 5.73 Å². The fourth-order valence-corrected chi connectivity index (χ4v) is 1.74. The van der Waals surface area contributed by atoms with Crippen molar-refractivity contribution in [3.05, 3.63) is 35.9 Å². The molecule has 0 spiro atoms. The zero-order valence-electron chi connectivity index (χ0n) is 10.7. The van der Waals surface area contributed by atoms with Gasteiger partial charge in [0.05, 0.1) is 12.4 Å². The molecular weight excluding hydrogens is 236 g/mol. The summed E-state index contributed by atoms with van der Waals surface area (Å²) in [4.78, 5) is 1.50. The predicted octanol–water partition coefficient (Wildman–Crippen LogP) is 2.28. The molecule has 1 unspecified atom stereocenters. The van der Waals surface area contributed by atoms with Crippen LogP contribution >= 0.6 is 0 Å². The Labute approximate surface area is 106 Å². The van der Waals surface area contributed by atoms with Crippen LogP contribution in [0.1, 0.15) is 12.5 Å². The van der Waals surface area contributed by atoms with Crippen LogP contribution in [0, 0.1) is 11.3 Å². The second-order valence-corrected chi connectivity index (χ2v) is 4.62. The third-order valence-corrected chi connectivity index (χ3v) is 2.78. The number of nitrogens with one attached hydrogen (secondary N) is 1. The molecule has 0 radical (unpaired) electrons. The Kier molecular flexibility index (Phi) is 4.78. The molecule has 5 heteroatoms. The topological polar surface area (TPSA) is 53.1 Å². The third-order valence-electron chi connectivity index (χ3n) is 2.78. The molecule has 100 valence electrons. The van der Waals surface area contributed by atoms with Gasteiger partial charge in [0.15, 0.2) is 0 Å². The lowest BCUT2D eigenvalue weighted by molar-refractivity contribution is -0.0331.